The summed E-state index contributed by atoms with van der Waals surface area (Å²) in [6.07, 6.45) is 3.18. The van der Waals surface area contributed by atoms with Gasteiger partial charge < -0.3 is 9.72 Å². The number of hydrogen-bond acceptors (Lipinski definition) is 4. The third-order valence-corrected chi connectivity index (χ3v) is 4.12. The van der Waals surface area contributed by atoms with Crippen molar-refractivity contribution in [1.29, 1.82) is 0 Å². The van der Waals surface area contributed by atoms with Gasteiger partial charge in [-0.25, -0.2) is 14.4 Å². The van der Waals surface area contributed by atoms with Crippen molar-refractivity contribution in [3.05, 3.63) is 81.7 Å². The summed E-state index contributed by atoms with van der Waals surface area (Å²) in [7, 11) is 0. The van der Waals surface area contributed by atoms with Gasteiger partial charge in [-0.2, -0.15) is 0 Å². The van der Waals surface area contributed by atoms with E-state index in [9.17, 15) is 9.18 Å². The molecule has 0 amide bonds. The Kier molecular flexibility index (Phi) is 4.14. The number of imidazole rings is 1. The maximum Gasteiger partial charge on any atom is 0.252 e. The fourth-order valence-corrected chi connectivity index (χ4v) is 2.86. The molecular weight excluding hydrogens is 357 g/mol. The SMILES string of the molecule is O=c1ccnc(NCc2c(-c3ccc(F)cc3)nc3ccc(Cl)cn23)[nH]1. The Labute approximate surface area is 152 Å². The Balaban J connectivity index is 1.79. The van der Waals surface area contributed by atoms with Crippen molar-refractivity contribution in [2.75, 3.05) is 5.32 Å². The van der Waals surface area contributed by atoms with Crippen LogP contribution < -0.4 is 10.9 Å². The van der Waals surface area contributed by atoms with Gasteiger partial charge in [-0.3, -0.25) is 9.78 Å². The molecule has 0 saturated carbocycles. The van der Waals surface area contributed by atoms with Gasteiger partial charge in [0, 0.05) is 24.0 Å². The van der Waals surface area contributed by atoms with Crippen molar-refractivity contribution >= 4 is 23.2 Å². The number of H-pyrrole nitrogens is 1. The normalized spacial score (nSPS) is 11.0. The minimum atomic E-state index is -0.314. The molecular formula is C18H13ClFN5O. The maximum atomic E-state index is 13.3. The number of fused-ring (bicyclic) bond motifs is 1. The quantitative estimate of drug-likeness (QED) is 0.577. The molecule has 4 rings (SSSR count). The van der Waals surface area contributed by atoms with Crippen molar-refractivity contribution in [2.24, 2.45) is 0 Å². The molecule has 8 heteroatoms. The number of halogens is 2. The number of rotatable bonds is 4. The Hall–Kier alpha value is -3.19. The van der Waals surface area contributed by atoms with E-state index in [1.165, 1.54) is 24.4 Å². The van der Waals surface area contributed by atoms with Crippen LogP contribution in [0.15, 0.2) is 59.7 Å². The molecule has 26 heavy (non-hydrogen) atoms. The first-order valence-corrected chi connectivity index (χ1v) is 8.19. The minimum Gasteiger partial charge on any atom is -0.350 e. The fourth-order valence-electron chi connectivity index (χ4n) is 2.70. The zero-order chi connectivity index (χ0) is 18.1. The molecule has 2 N–H and O–H groups in total. The first-order chi connectivity index (χ1) is 12.6. The molecule has 0 radical (unpaired) electrons. The number of nitrogens with one attached hydrogen (secondary N) is 2. The monoisotopic (exact) mass is 369 g/mol. The van der Waals surface area contributed by atoms with Crippen LogP contribution in [0.1, 0.15) is 5.69 Å². The molecule has 3 heterocycles. The molecule has 130 valence electrons. The van der Waals surface area contributed by atoms with Crippen LogP contribution in [0, 0.1) is 5.82 Å². The predicted molar refractivity (Wildman–Crippen MR) is 97.8 cm³/mol. The molecule has 0 unspecified atom stereocenters. The number of hydrogen-bond donors (Lipinski definition) is 2. The molecule has 1 aromatic carbocycles. The van der Waals surface area contributed by atoms with Gasteiger partial charge in [0.1, 0.15) is 11.5 Å². The van der Waals surface area contributed by atoms with E-state index in [-0.39, 0.29) is 11.4 Å². The molecule has 6 nitrogen and oxygen atoms in total. The molecule has 3 aromatic heterocycles. The van der Waals surface area contributed by atoms with Crippen LogP contribution in [0.25, 0.3) is 16.9 Å². The lowest BCUT2D eigenvalue weighted by Crippen LogP contribution is -2.12. The van der Waals surface area contributed by atoms with Gasteiger partial charge in [0.15, 0.2) is 0 Å². The van der Waals surface area contributed by atoms with Crippen molar-refractivity contribution in [3.8, 4) is 11.3 Å². The second-order valence-corrected chi connectivity index (χ2v) is 6.06. The zero-order valence-corrected chi connectivity index (χ0v) is 14.2. The highest BCUT2D eigenvalue weighted by Crippen LogP contribution is 2.26. The summed E-state index contributed by atoms with van der Waals surface area (Å²) in [6, 6.07) is 11.0. The molecule has 4 aromatic rings. The molecule has 0 aliphatic carbocycles. The van der Waals surface area contributed by atoms with E-state index in [2.05, 4.69) is 20.3 Å². The van der Waals surface area contributed by atoms with Gasteiger partial charge in [-0.05, 0) is 36.4 Å². The first kappa shape index (κ1) is 16.3. The number of anilines is 1. The van der Waals surface area contributed by atoms with Crippen LogP contribution in [0.3, 0.4) is 0 Å². The smallest absolute Gasteiger partial charge is 0.252 e. The highest BCUT2D eigenvalue weighted by Gasteiger charge is 2.15. The maximum absolute atomic E-state index is 13.3. The summed E-state index contributed by atoms with van der Waals surface area (Å²) in [6.45, 7) is 0.334. The standard InChI is InChI=1S/C18H13ClFN5O/c19-12-3-6-15-23-17(11-1-4-13(20)5-2-11)14(25(15)10-12)9-22-18-21-8-7-16(26)24-18/h1-8,10H,9H2,(H2,21,22,24,26). The van der Waals surface area contributed by atoms with Crippen molar-refractivity contribution < 1.29 is 4.39 Å². The van der Waals surface area contributed by atoms with E-state index >= 15 is 0 Å². The van der Waals surface area contributed by atoms with Crippen LogP contribution >= 0.6 is 11.6 Å². The predicted octanol–water partition coefficient (Wildman–Crippen LogP) is 3.49. The average Bonchev–Trinajstić information content (AvgIpc) is 2.98. The number of benzene rings is 1. The van der Waals surface area contributed by atoms with Crippen LogP contribution in [-0.2, 0) is 6.54 Å². The molecule has 0 aliphatic heterocycles. The molecule has 0 saturated heterocycles. The van der Waals surface area contributed by atoms with Gasteiger partial charge in [0.25, 0.3) is 5.56 Å². The molecule has 0 atom stereocenters. The summed E-state index contributed by atoms with van der Waals surface area (Å²) in [4.78, 5) is 22.7. The summed E-state index contributed by atoms with van der Waals surface area (Å²) in [5.41, 5.74) is 2.73. The average molecular weight is 370 g/mol. The van der Waals surface area contributed by atoms with Crippen LogP contribution in [0.2, 0.25) is 5.02 Å². The van der Waals surface area contributed by atoms with E-state index in [0.29, 0.717) is 28.9 Å². The third-order valence-electron chi connectivity index (χ3n) is 3.89. The fraction of sp³-hybridized carbons (Fsp3) is 0.0556. The van der Waals surface area contributed by atoms with Crippen molar-refractivity contribution in [3.63, 3.8) is 0 Å². The Bertz CT molecular complexity index is 1140. The van der Waals surface area contributed by atoms with Crippen molar-refractivity contribution in [2.45, 2.75) is 6.54 Å². The molecule has 0 aliphatic rings. The largest absolute Gasteiger partial charge is 0.350 e. The number of aromatic amines is 1. The molecule has 0 spiro atoms. The first-order valence-electron chi connectivity index (χ1n) is 7.82. The number of pyridine rings is 1. The lowest BCUT2D eigenvalue weighted by molar-refractivity contribution is 0.628. The van der Waals surface area contributed by atoms with Gasteiger partial charge in [-0.15, -0.1) is 0 Å². The second kappa shape index (κ2) is 6.61. The summed E-state index contributed by atoms with van der Waals surface area (Å²) < 4.78 is 15.1. The highest BCUT2D eigenvalue weighted by molar-refractivity contribution is 6.30. The number of aromatic nitrogens is 4. The molecule has 0 fully saturated rings. The van der Waals surface area contributed by atoms with Crippen LogP contribution in [0.4, 0.5) is 10.3 Å². The van der Waals surface area contributed by atoms with Gasteiger partial charge in [0.2, 0.25) is 5.95 Å². The van der Waals surface area contributed by atoms with Gasteiger partial charge in [-0.1, -0.05) is 11.6 Å². The van der Waals surface area contributed by atoms with E-state index in [1.54, 1.807) is 24.4 Å². The zero-order valence-electron chi connectivity index (χ0n) is 13.4. The van der Waals surface area contributed by atoms with E-state index in [1.807, 2.05) is 10.5 Å². The van der Waals surface area contributed by atoms with E-state index in [0.717, 1.165) is 11.3 Å². The Morgan fingerprint density at radius 2 is 1.96 bits per heavy atom. The lowest BCUT2D eigenvalue weighted by atomic mass is 10.1. The third kappa shape index (κ3) is 3.16. The van der Waals surface area contributed by atoms with E-state index < -0.39 is 0 Å². The Morgan fingerprint density at radius 3 is 2.73 bits per heavy atom. The van der Waals surface area contributed by atoms with E-state index in [4.69, 9.17) is 11.6 Å². The summed E-state index contributed by atoms with van der Waals surface area (Å²) >= 11 is 6.13. The van der Waals surface area contributed by atoms with Crippen LogP contribution in [0.5, 0.6) is 0 Å². The Morgan fingerprint density at radius 1 is 1.15 bits per heavy atom. The van der Waals surface area contributed by atoms with Crippen LogP contribution in [-0.4, -0.2) is 19.4 Å². The van der Waals surface area contributed by atoms with Gasteiger partial charge in [0.05, 0.1) is 23.0 Å². The summed E-state index contributed by atoms with van der Waals surface area (Å²) in [5, 5.41) is 3.64. The molecule has 0 bridgehead atoms. The minimum absolute atomic E-state index is 0.248. The van der Waals surface area contributed by atoms with Crippen molar-refractivity contribution in [1.82, 2.24) is 19.4 Å². The lowest BCUT2D eigenvalue weighted by Gasteiger charge is -2.08. The highest BCUT2D eigenvalue weighted by atomic mass is 35.5. The number of nitrogens with zero attached hydrogens (tertiary/aromatic N) is 3. The summed E-state index contributed by atoms with van der Waals surface area (Å²) in [5.74, 6) is 0.0332. The second-order valence-electron chi connectivity index (χ2n) is 5.63. The van der Waals surface area contributed by atoms with Gasteiger partial charge >= 0.3 is 0 Å². The topological polar surface area (TPSA) is 75.1 Å².